The van der Waals surface area contributed by atoms with Crippen molar-refractivity contribution in [3.8, 4) is 0 Å². The van der Waals surface area contributed by atoms with E-state index in [1.165, 1.54) is 289 Å². The van der Waals surface area contributed by atoms with Gasteiger partial charge in [-0.1, -0.05) is 326 Å². The van der Waals surface area contributed by atoms with Gasteiger partial charge in [0.15, 0.2) is 6.29 Å². The molecule has 0 aromatic heterocycles. The molecule has 11 nitrogen and oxygen atoms in total. The highest BCUT2D eigenvalue weighted by Gasteiger charge is 2.44. The Morgan fingerprint density at radius 1 is 0.411 bits per heavy atom. The molecule has 0 aromatic carbocycles. The topological polar surface area (TPSA) is 175 Å². The molecule has 7 atom stereocenters. The van der Waals surface area contributed by atoms with Gasteiger partial charge in [-0.2, -0.15) is 0 Å². The second-order valence-corrected chi connectivity index (χ2v) is 27.1. The van der Waals surface area contributed by atoms with Crippen LogP contribution in [0.15, 0.2) is 48.6 Å². The SMILES string of the molecule is CCCCCCCC/C=C\CCCCCCCCCC(=O)OCCCCCCCCCCCCC/C=C\C/C=C\CCCCCCCCCCCCCCCCCCCC(=O)NC(COC1OC(CO)C(O)C(O)C1O)C(O)/C=C/CCCCCCCCCC. The van der Waals surface area contributed by atoms with Crippen LogP contribution < -0.4 is 5.32 Å². The summed E-state index contributed by atoms with van der Waals surface area (Å²) in [6.45, 7) is 4.36. The average Bonchev–Trinajstić information content (AvgIpc) is 0.992. The molecule has 0 spiro atoms. The summed E-state index contributed by atoms with van der Waals surface area (Å²) in [6, 6.07) is -0.808. The smallest absolute Gasteiger partial charge is 0.305 e. The van der Waals surface area contributed by atoms with E-state index in [0.717, 1.165) is 64.2 Å². The number of carbonyl (C=O) groups is 2. The molecule has 0 aromatic rings. The Kier molecular flexibility index (Phi) is 64.7. The fourth-order valence-electron chi connectivity index (χ4n) is 12.3. The zero-order chi connectivity index (χ0) is 65.1. The lowest BCUT2D eigenvalue weighted by Gasteiger charge is -2.40. The Balaban J connectivity index is 1.89. The highest BCUT2D eigenvalue weighted by atomic mass is 16.7. The number of hydrogen-bond acceptors (Lipinski definition) is 10. The van der Waals surface area contributed by atoms with Crippen LogP contribution in [0, 0.1) is 0 Å². The third kappa shape index (κ3) is 56.0. The minimum atomic E-state index is -1.57. The highest BCUT2D eigenvalue weighted by Crippen LogP contribution is 2.24. The van der Waals surface area contributed by atoms with Gasteiger partial charge < -0.3 is 45.1 Å². The normalized spacial score (nSPS) is 17.9. The van der Waals surface area contributed by atoms with Crippen molar-refractivity contribution >= 4 is 11.9 Å². The molecule has 6 N–H and O–H groups in total. The standard InChI is InChI=1S/C79H147NO10/c1-3-5-7-9-11-13-15-16-17-37-41-44-47-51-55-59-63-67-75(84)88-68-64-60-56-52-48-45-42-39-36-34-32-30-28-26-24-22-20-18-19-21-23-25-27-29-31-33-35-38-40-43-46-50-54-58-62-66-74(83)80-71(70-89-79-78(87)77(86)76(85)73(69-81)90-79)72(82)65-61-57-53-49-14-12-10-8-6-4-2/h16-17,20,22,26,28,61,65,71-73,76-79,81-82,85-87H,3-15,18-19,21,23-25,27,29-60,62-64,66-70H2,1-2H3,(H,80,83)/b17-16-,22-20-,28-26-,65-61+. The number of unbranched alkanes of at least 4 members (excludes halogenated alkanes) is 49. The van der Waals surface area contributed by atoms with E-state index < -0.39 is 49.5 Å². The molecule has 1 aliphatic heterocycles. The van der Waals surface area contributed by atoms with Crippen LogP contribution in [0.2, 0.25) is 0 Å². The van der Waals surface area contributed by atoms with E-state index in [1.807, 2.05) is 6.08 Å². The van der Waals surface area contributed by atoms with E-state index >= 15 is 0 Å². The Bertz CT molecular complexity index is 1630. The van der Waals surface area contributed by atoms with Crippen molar-refractivity contribution < 1.29 is 49.3 Å². The number of rotatable bonds is 69. The van der Waals surface area contributed by atoms with Gasteiger partial charge in [-0.05, 0) is 89.9 Å². The number of nitrogens with one attached hydrogen (secondary N) is 1. The molecule has 1 amide bonds. The maximum atomic E-state index is 13.0. The van der Waals surface area contributed by atoms with E-state index in [9.17, 15) is 35.1 Å². The molecular formula is C79H147NO10. The summed E-state index contributed by atoms with van der Waals surface area (Å²) in [5.74, 6) is -0.172. The maximum Gasteiger partial charge on any atom is 0.305 e. The van der Waals surface area contributed by atoms with E-state index in [-0.39, 0.29) is 18.5 Å². The Labute approximate surface area is 555 Å². The zero-order valence-corrected chi connectivity index (χ0v) is 58.9. The molecular weight excluding hydrogens is 1120 g/mol. The number of allylic oxidation sites excluding steroid dienone is 7. The molecule has 0 aliphatic carbocycles. The number of amides is 1. The lowest BCUT2D eigenvalue weighted by molar-refractivity contribution is -0.302. The first-order valence-electron chi connectivity index (χ1n) is 38.9. The van der Waals surface area contributed by atoms with Crippen molar-refractivity contribution in [2.75, 3.05) is 19.8 Å². The van der Waals surface area contributed by atoms with Crippen molar-refractivity contribution in [2.24, 2.45) is 0 Å². The fourth-order valence-corrected chi connectivity index (χ4v) is 12.3. The van der Waals surface area contributed by atoms with Gasteiger partial charge in [-0.25, -0.2) is 0 Å². The van der Waals surface area contributed by atoms with Crippen LogP contribution in [0.4, 0.5) is 0 Å². The molecule has 1 fully saturated rings. The summed E-state index contributed by atoms with van der Waals surface area (Å²) in [6.07, 6.45) is 80.0. The molecule has 0 bridgehead atoms. The number of ether oxygens (including phenoxy) is 3. The van der Waals surface area contributed by atoms with Gasteiger partial charge in [-0.3, -0.25) is 9.59 Å². The number of aliphatic hydroxyl groups excluding tert-OH is 5. The van der Waals surface area contributed by atoms with Gasteiger partial charge in [-0.15, -0.1) is 0 Å². The van der Waals surface area contributed by atoms with Gasteiger partial charge in [0.1, 0.15) is 24.4 Å². The van der Waals surface area contributed by atoms with Crippen molar-refractivity contribution in [2.45, 2.75) is 423 Å². The molecule has 90 heavy (non-hydrogen) atoms. The Hall–Kier alpha value is -2.38. The monoisotopic (exact) mass is 1270 g/mol. The van der Waals surface area contributed by atoms with E-state index in [1.54, 1.807) is 6.08 Å². The van der Waals surface area contributed by atoms with Crippen LogP contribution in [-0.4, -0.2) is 100 Å². The van der Waals surface area contributed by atoms with Gasteiger partial charge in [0.25, 0.3) is 0 Å². The molecule has 0 saturated carbocycles. The molecule has 7 unspecified atom stereocenters. The average molecular weight is 1270 g/mol. The van der Waals surface area contributed by atoms with Crippen molar-refractivity contribution in [3.05, 3.63) is 48.6 Å². The van der Waals surface area contributed by atoms with Crippen molar-refractivity contribution in [1.29, 1.82) is 0 Å². The lowest BCUT2D eigenvalue weighted by atomic mass is 9.99. The predicted octanol–water partition coefficient (Wildman–Crippen LogP) is 20.7. The molecule has 1 aliphatic rings. The van der Waals surface area contributed by atoms with Gasteiger partial charge in [0.05, 0.1) is 32.0 Å². The molecule has 528 valence electrons. The third-order valence-corrected chi connectivity index (χ3v) is 18.4. The molecule has 0 radical (unpaired) electrons. The number of carbonyl (C=O) groups excluding carboxylic acids is 2. The highest BCUT2D eigenvalue weighted by molar-refractivity contribution is 5.76. The van der Waals surface area contributed by atoms with Gasteiger partial charge in [0.2, 0.25) is 5.91 Å². The Morgan fingerprint density at radius 2 is 0.744 bits per heavy atom. The molecule has 1 heterocycles. The lowest BCUT2D eigenvalue weighted by Crippen LogP contribution is -2.60. The summed E-state index contributed by atoms with van der Waals surface area (Å²) in [5.41, 5.74) is 0. The first kappa shape index (κ1) is 85.6. The zero-order valence-electron chi connectivity index (χ0n) is 58.9. The van der Waals surface area contributed by atoms with E-state index in [0.29, 0.717) is 19.4 Å². The molecule has 1 saturated heterocycles. The predicted molar refractivity (Wildman–Crippen MR) is 380 cm³/mol. The first-order valence-corrected chi connectivity index (χ1v) is 38.9. The summed E-state index contributed by atoms with van der Waals surface area (Å²) in [4.78, 5) is 25.2. The van der Waals surface area contributed by atoms with Crippen LogP contribution in [0.1, 0.15) is 380 Å². The minimum absolute atomic E-state index is 0.00708. The largest absolute Gasteiger partial charge is 0.466 e. The molecule has 11 heteroatoms. The quantitative estimate of drug-likeness (QED) is 0.0195. The maximum absolute atomic E-state index is 13.0. The molecule has 1 rings (SSSR count). The van der Waals surface area contributed by atoms with Crippen LogP contribution in [0.3, 0.4) is 0 Å². The summed E-state index contributed by atoms with van der Waals surface area (Å²) in [7, 11) is 0. The van der Waals surface area contributed by atoms with Crippen LogP contribution in [0.25, 0.3) is 0 Å². The fraction of sp³-hybridized carbons (Fsp3) is 0.873. The van der Waals surface area contributed by atoms with Gasteiger partial charge in [0, 0.05) is 12.8 Å². The first-order chi connectivity index (χ1) is 44.2. The number of esters is 1. The Morgan fingerprint density at radius 3 is 1.13 bits per heavy atom. The summed E-state index contributed by atoms with van der Waals surface area (Å²) >= 11 is 0. The number of aliphatic hydroxyl groups is 5. The third-order valence-electron chi connectivity index (χ3n) is 18.4. The van der Waals surface area contributed by atoms with Crippen molar-refractivity contribution in [1.82, 2.24) is 5.32 Å². The minimum Gasteiger partial charge on any atom is -0.466 e. The second-order valence-electron chi connectivity index (χ2n) is 27.1. The summed E-state index contributed by atoms with van der Waals surface area (Å²) < 4.78 is 16.7. The van der Waals surface area contributed by atoms with Crippen LogP contribution >= 0.6 is 0 Å². The van der Waals surface area contributed by atoms with Crippen LogP contribution in [0.5, 0.6) is 0 Å². The summed E-state index contributed by atoms with van der Waals surface area (Å²) in [5, 5.41) is 54.4. The van der Waals surface area contributed by atoms with E-state index in [2.05, 4.69) is 55.6 Å². The van der Waals surface area contributed by atoms with Crippen LogP contribution in [-0.2, 0) is 23.8 Å². The van der Waals surface area contributed by atoms with Gasteiger partial charge >= 0.3 is 5.97 Å². The van der Waals surface area contributed by atoms with E-state index in [4.69, 9.17) is 14.2 Å². The van der Waals surface area contributed by atoms with Crippen molar-refractivity contribution in [3.63, 3.8) is 0 Å². The number of hydrogen-bond donors (Lipinski definition) is 6. The second kappa shape index (κ2) is 68.0.